The van der Waals surface area contributed by atoms with Gasteiger partial charge in [-0.15, -0.1) is 0 Å². The van der Waals surface area contributed by atoms with E-state index in [9.17, 15) is 19.8 Å². The average Bonchev–Trinajstić information content (AvgIpc) is 3.42. The lowest BCUT2D eigenvalue weighted by molar-refractivity contribution is 0.0817. The molecule has 1 aromatic carbocycles. The van der Waals surface area contributed by atoms with Gasteiger partial charge in [-0.25, -0.2) is 4.98 Å². The molecule has 0 radical (unpaired) electrons. The minimum absolute atomic E-state index is 0.0883. The molecule has 3 N–H and O–H groups in total. The summed E-state index contributed by atoms with van der Waals surface area (Å²) in [6.45, 7) is 2.47. The third kappa shape index (κ3) is 3.76. The molecule has 166 valence electrons. The van der Waals surface area contributed by atoms with E-state index in [0.29, 0.717) is 29.9 Å². The molecule has 8 heteroatoms. The van der Waals surface area contributed by atoms with Crippen molar-refractivity contribution in [1.29, 1.82) is 0 Å². The van der Waals surface area contributed by atoms with E-state index in [-0.39, 0.29) is 29.0 Å². The third-order valence-corrected chi connectivity index (χ3v) is 5.90. The molecule has 8 nitrogen and oxygen atoms in total. The van der Waals surface area contributed by atoms with Crippen molar-refractivity contribution >= 4 is 23.1 Å². The molecule has 2 aliphatic rings. The first kappa shape index (κ1) is 20.6. The molecule has 2 aromatic heterocycles. The van der Waals surface area contributed by atoms with Crippen LogP contribution in [-0.4, -0.2) is 42.9 Å². The van der Waals surface area contributed by atoms with Gasteiger partial charge >= 0.3 is 0 Å². The van der Waals surface area contributed by atoms with E-state index in [0.717, 1.165) is 23.3 Å². The van der Waals surface area contributed by atoms with Gasteiger partial charge < -0.3 is 24.8 Å². The molecule has 3 heterocycles. The van der Waals surface area contributed by atoms with Crippen molar-refractivity contribution in [2.75, 3.05) is 11.9 Å². The predicted molar refractivity (Wildman–Crippen MR) is 123 cm³/mol. The quantitative estimate of drug-likeness (QED) is 0.564. The van der Waals surface area contributed by atoms with E-state index in [1.807, 2.05) is 13.0 Å². The number of aromatic nitrogens is 2. The highest BCUT2D eigenvalue weighted by molar-refractivity contribution is 6.04. The van der Waals surface area contributed by atoms with Gasteiger partial charge in [-0.05, 0) is 60.9 Å². The second-order valence-electron chi connectivity index (χ2n) is 8.01. The number of nitrogens with zero attached hydrogens (tertiary/aromatic N) is 3. The Morgan fingerprint density at radius 3 is 2.64 bits per heavy atom. The second kappa shape index (κ2) is 7.98. The normalized spacial score (nSPS) is 16.8. The van der Waals surface area contributed by atoms with Crippen LogP contribution in [0.1, 0.15) is 40.6 Å². The van der Waals surface area contributed by atoms with Crippen LogP contribution in [-0.2, 0) is 0 Å². The number of carbonyl (C=O) groups is 2. The lowest BCUT2D eigenvalue weighted by Crippen LogP contribution is -2.28. The van der Waals surface area contributed by atoms with Crippen molar-refractivity contribution in [2.45, 2.75) is 19.8 Å². The van der Waals surface area contributed by atoms with Gasteiger partial charge in [0.15, 0.2) is 0 Å². The number of hydrogen-bond acceptors (Lipinski definition) is 5. The van der Waals surface area contributed by atoms with Gasteiger partial charge in [0.2, 0.25) is 0 Å². The maximum absolute atomic E-state index is 13.2. The van der Waals surface area contributed by atoms with Gasteiger partial charge in [0.1, 0.15) is 17.1 Å². The average molecular weight is 442 g/mol. The third-order valence-electron chi connectivity index (χ3n) is 5.90. The Morgan fingerprint density at radius 2 is 1.88 bits per heavy atom. The van der Waals surface area contributed by atoms with Crippen LogP contribution in [0.2, 0.25) is 0 Å². The van der Waals surface area contributed by atoms with Gasteiger partial charge in [0, 0.05) is 37.0 Å². The Hall–Kier alpha value is -4.33. The van der Waals surface area contributed by atoms with E-state index >= 15 is 0 Å². The summed E-state index contributed by atoms with van der Waals surface area (Å²) in [5.74, 6) is -0.221. The summed E-state index contributed by atoms with van der Waals surface area (Å²) < 4.78 is 1.69. The van der Waals surface area contributed by atoms with Crippen molar-refractivity contribution in [1.82, 2.24) is 14.3 Å². The molecular formula is C25H22N4O4. The Morgan fingerprint density at radius 1 is 1.09 bits per heavy atom. The largest absolute Gasteiger partial charge is 0.512 e. The highest BCUT2D eigenvalue weighted by atomic mass is 16.3. The standard InChI is InChI=1S/C25H22N4O4/c1-2-15-11-19(31)12-22-20(15)9-10-29(22)25(33)21-14-28-13-17(5-8-23(28)27-21)26-24(32)16-3-6-18(30)7-4-16/h2-8,12-14,30-31H,9-11H2,1H3,(H,26,32)/b15-2-. The minimum Gasteiger partial charge on any atom is -0.512 e. The molecule has 3 aromatic rings. The van der Waals surface area contributed by atoms with Gasteiger partial charge in [0.25, 0.3) is 11.8 Å². The van der Waals surface area contributed by atoms with Crippen molar-refractivity contribution in [3.63, 3.8) is 0 Å². The van der Waals surface area contributed by atoms with Gasteiger partial charge in [-0.3, -0.25) is 9.59 Å². The fraction of sp³-hybridized carbons (Fsp3) is 0.160. The highest BCUT2D eigenvalue weighted by Gasteiger charge is 2.32. The van der Waals surface area contributed by atoms with Gasteiger partial charge in [-0.1, -0.05) is 6.08 Å². The van der Waals surface area contributed by atoms with E-state index in [1.54, 1.807) is 39.9 Å². The first-order valence-corrected chi connectivity index (χ1v) is 10.6. The lowest BCUT2D eigenvalue weighted by Gasteiger charge is -2.21. The number of aromatic hydroxyl groups is 1. The number of nitrogens with one attached hydrogen (secondary N) is 1. The molecular weight excluding hydrogens is 420 g/mol. The number of hydrogen-bond donors (Lipinski definition) is 3. The van der Waals surface area contributed by atoms with E-state index < -0.39 is 0 Å². The number of phenolic OH excluding ortho intramolecular Hbond substituents is 1. The molecule has 0 unspecified atom stereocenters. The van der Waals surface area contributed by atoms with Crippen molar-refractivity contribution in [2.24, 2.45) is 0 Å². The van der Waals surface area contributed by atoms with E-state index in [2.05, 4.69) is 10.3 Å². The summed E-state index contributed by atoms with van der Waals surface area (Å²) in [4.78, 5) is 31.8. The summed E-state index contributed by atoms with van der Waals surface area (Å²) in [6.07, 6.45) is 8.20. The molecule has 0 fully saturated rings. The van der Waals surface area contributed by atoms with Crippen LogP contribution >= 0.6 is 0 Å². The number of benzene rings is 1. The molecule has 2 amide bonds. The SMILES string of the molecule is C/C=C1/CC(O)=CC2=C1CCN2C(=O)c1cn2cc(NC(=O)c3ccc(O)cc3)ccc2n1. The van der Waals surface area contributed by atoms with Crippen LogP contribution in [0.3, 0.4) is 0 Å². The van der Waals surface area contributed by atoms with Crippen molar-refractivity contribution < 1.29 is 19.8 Å². The van der Waals surface area contributed by atoms with Gasteiger partial charge in [0.05, 0.1) is 17.1 Å². The smallest absolute Gasteiger partial charge is 0.278 e. The second-order valence-corrected chi connectivity index (χ2v) is 8.01. The minimum atomic E-state index is -0.314. The van der Waals surface area contributed by atoms with Crippen LogP contribution in [0.25, 0.3) is 5.65 Å². The number of amides is 2. The van der Waals surface area contributed by atoms with Crippen LogP contribution < -0.4 is 5.32 Å². The number of anilines is 1. The molecule has 0 saturated carbocycles. The van der Waals surface area contributed by atoms with Crippen LogP contribution in [0.4, 0.5) is 5.69 Å². The van der Waals surface area contributed by atoms with E-state index in [1.165, 1.54) is 24.3 Å². The first-order valence-electron chi connectivity index (χ1n) is 10.6. The monoisotopic (exact) mass is 442 g/mol. The summed E-state index contributed by atoms with van der Waals surface area (Å²) in [7, 11) is 0. The number of allylic oxidation sites excluding steroid dienone is 3. The zero-order chi connectivity index (χ0) is 23.1. The zero-order valence-corrected chi connectivity index (χ0v) is 17.9. The van der Waals surface area contributed by atoms with Crippen molar-refractivity contribution in [3.8, 4) is 5.75 Å². The van der Waals surface area contributed by atoms with E-state index in [4.69, 9.17) is 0 Å². The molecule has 1 aliphatic heterocycles. The lowest BCUT2D eigenvalue weighted by atomic mass is 9.94. The maximum Gasteiger partial charge on any atom is 0.278 e. The summed E-state index contributed by atoms with van der Waals surface area (Å²) in [6, 6.07) is 9.41. The maximum atomic E-state index is 13.2. The molecule has 0 atom stereocenters. The number of aliphatic hydroxyl groups is 1. The number of pyridine rings is 1. The molecule has 33 heavy (non-hydrogen) atoms. The number of rotatable bonds is 3. The Kier molecular flexibility index (Phi) is 4.97. The highest BCUT2D eigenvalue weighted by Crippen LogP contribution is 2.37. The first-order chi connectivity index (χ1) is 15.9. The van der Waals surface area contributed by atoms with Crippen molar-refractivity contribution in [3.05, 3.63) is 94.8 Å². The fourth-order valence-electron chi connectivity index (χ4n) is 4.25. The van der Waals surface area contributed by atoms with Crippen LogP contribution in [0.15, 0.2) is 83.5 Å². The summed E-state index contributed by atoms with van der Waals surface area (Å²) in [5, 5.41) is 22.3. The summed E-state index contributed by atoms with van der Waals surface area (Å²) >= 11 is 0. The number of carbonyl (C=O) groups excluding carboxylic acids is 2. The molecule has 0 bridgehead atoms. The zero-order valence-electron chi connectivity index (χ0n) is 17.9. The Bertz CT molecular complexity index is 1380. The predicted octanol–water partition coefficient (Wildman–Crippen LogP) is 4.18. The number of imidazole rings is 1. The summed E-state index contributed by atoms with van der Waals surface area (Å²) in [5.41, 5.74) is 4.68. The van der Waals surface area contributed by atoms with Gasteiger partial charge in [-0.2, -0.15) is 0 Å². The number of phenols is 1. The Balaban J connectivity index is 1.39. The molecule has 1 aliphatic carbocycles. The number of aliphatic hydroxyl groups excluding tert-OH is 1. The topological polar surface area (TPSA) is 107 Å². The number of fused-ring (bicyclic) bond motifs is 1. The molecule has 0 saturated heterocycles. The van der Waals surface area contributed by atoms with Crippen LogP contribution in [0, 0.1) is 0 Å². The fourth-order valence-corrected chi connectivity index (χ4v) is 4.25. The molecule has 0 spiro atoms. The molecule has 5 rings (SSSR count). The Labute approximate surface area is 189 Å². The van der Waals surface area contributed by atoms with Crippen LogP contribution in [0.5, 0.6) is 5.75 Å².